The van der Waals surface area contributed by atoms with E-state index in [0.717, 1.165) is 6.07 Å². The van der Waals surface area contributed by atoms with Gasteiger partial charge in [0.05, 0.1) is 16.3 Å². The Hall–Kier alpha value is -1.30. The van der Waals surface area contributed by atoms with Gasteiger partial charge in [-0.15, -0.1) is 0 Å². The third-order valence-corrected chi connectivity index (χ3v) is 2.23. The van der Waals surface area contributed by atoms with E-state index in [9.17, 15) is 18.0 Å². The fourth-order valence-electron chi connectivity index (χ4n) is 1.21. The molecule has 0 aromatic carbocycles. The van der Waals surface area contributed by atoms with Crippen LogP contribution in [0.4, 0.5) is 13.2 Å². The van der Waals surface area contributed by atoms with Crippen molar-refractivity contribution in [1.29, 1.82) is 0 Å². The SMILES string of the molecule is CC(=O)O[C@H](C)c1ncc(C(F)(F)F)cc1Cl. The van der Waals surface area contributed by atoms with Gasteiger partial charge in [0, 0.05) is 13.1 Å². The van der Waals surface area contributed by atoms with E-state index in [1.807, 2.05) is 0 Å². The van der Waals surface area contributed by atoms with Crippen LogP contribution in [0.5, 0.6) is 0 Å². The van der Waals surface area contributed by atoms with E-state index in [1.54, 1.807) is 0 Å². The molecule has 0 amide bonds. The topological polar surface area (TPSA) is 39.2 Å². The predicted molar refractivity (Wildman–Crippen MR) is 54.4 cm³/mol. The van der Waals surface area contributed by atoms with Crippen LogP contribution in [0.2, 0.25) is 5.02 Å². The molecule has 3 nitrogen and oxygen atoms in total. The molecule has 1 atom stereocenters. The third kappa shape index (κ3) is 3.59. The molecular weight excluding hydrogens is 259 g/mol. The monoisotopic (exact) mass is 267 g/mol. The summed E-state index contributed by atoms with van der Waals surface area (Å²) >= 11 is 5.66. The number of ether oxygens (including phenoxy) is 1. The molecule has 0 saturated carbocycles. The maximum Gasteiger partial charge on any atom is 0.417 e. The van der Waals surface area contributed by atoms with Crippen molar-refractivity contribution in [2.24, 2.45) is 0 Å². The highest BCUT2D eigenvalue weighted by atomic mass is 35.5. The van der Waals surface area contributed by atoms with E-state index in [4.69, 9.17) is 16.3 Å². The lowest BCUT2D eigenvalue weighted by Crippen LogP contribution is -2.10. The van der Waals surface area contributed by atoms with Gasteiger partial charge in [0.15, 0.2) is 0 Å². The summed E-state index contributed by atoms with van der Waals surface area (Å²) in [6, 6.07) is 0.754. The zero-order valence-electron chi connectivity index (χ0n) is 9.01. The van der Waals surface area contributed by atoms with Gasteiger partial charge < -0.3 is 4.74 Å². The average Bonchev–Trinajstić information content (AvgIpc) is 2.14. The molecule has 1 aromatic rings. The van der Waals surface area contributed by atoms with E-state index >= 15 is 0 Å². The molecule has 0 bridgehead atoms. The standard InChI is InChI=1S/C10H9ClF3NO2/c1-5(17-6(2)16)9-8(11)3-7(4-15-9)10(12,13)14/h3-5H,1-2H3/t5-/m1/s1. The van der Waals surface area contributed by atoms with Crippen molar-refractivity contribution in [2.45, 2.75) is 26.1 Å². The number of alkyl halides is 3. The number of rotatable bonds is 2. The summed E-state index contributed by atoms with van der Waals surface area (Å²) in [6.07, 6.45) is -4.64. The van der Waals surface area contributed by atoms with Crippen LogP contribution in [0.1, 0.15) is 31.2 Å². The molecule has 94 valence electrons. The van der Waals surface area contributed by atoms with E-state index < -0.39 is 23.8 Å². The van der Waals surface area contributed by atoms with Crippen LogP contribution >= 0.6 is 11.6 Å². The summed E-state index contributed by atoms with van der Waals surface area (Å²) in [7, 11) is 0. The maximum absolute atomic E-state index is 12.3. The van der Waals surface area contributed by atoms with Gasteiger partial charge in [-0.1, -0.05) is 11.6 Å². The minimum atomic E-state index is -4.50. The first kappa shape index (κ1) is 13.8. The van der Waals surface area contributed by atoms with Crippen LogP contribution in [0.3, 0.4) is 0 Å². The van der Waals surface area contributed by atoms with Gasteiger partial charge in [0.25, 0.3) is 0 Å². The Morgan fingerprint density at radius 2 is 2.12 bits per heavy atom. The summed E-state index contributed by atoms with van der Waals surface area (Å²) in [6.45, 7) is 2.66. The number of carbonyl (C=O) groups is 1. The number of nitrogens with zero attached hydrogens (tertiary/aromatic N) is 1. The average molecular weight is 268 g/mol. The van der Waals surface area contributed by atoms with Crippen molar-refractivity contribution in [1.82, 2.24) is 4.98 Å². The van der Waals surface area contributed by atoms with E-state index in [-0.39, 0.29) is 10.7 Å². The molecule has 1 aromatic heterocycles. The molecule has 0 fully saturated rings. The molecule has 0 aliphatic rings. The van der Waals surface area contributed by atoms with Gasteiger partial charge in [-0.05, 0) is 13.0 Å². The van der Waals surface area contributed by atoms with Crippen LogP contribution in [-0.2, 0) is 15.7 Å². The number of halogens is 4. The molecule has 0 radical (unpaired) electrons. The van der Waals surface area contributed by atoms with Crippen molar-refractivity contribution in [2.75, 3.05) is 0 Å². The Bertz CT molecular complexity index is 434. The first-order valence-corrected chi connectivity index (χ1v) is 4.99. The second-order valence-electron chi connectivity index (χ2n) is 3.34. The second-order valence-corrected chi connectivity index (χ2v) is 3.75. The van der Waals surface area contributed by atoms with E-state index in [1.165, 1.54) is 13.8 Å². The lowest BCUT2D eigenvalue weighted by atomic mass is 10.2. The highest BCUT2D eigenvalue weighted by Gasteiger charge is 2.32. The Morgan fingerprint density at radius 1 is 1.53 bits per heavy atom. The number of hydrogen-bond acceptors (Lipinski definition) is 3. The Kier molecular flexibility index (Phi) is 3.98. The van der Waals surface area contributed by atoms with Gasteiger partial charge in [-0.25, -0.2) is 0 Å². The van der Waals surface area contributed by atoms with Gasteiger partial charge in [-0.2, -0.15) is 13.2 Å². The highest BCUT2D eigenvalue weighted by molar-refractivity contribution is 6.31. The summed E-state index contributed by atoms with van der Waals surface area (Å²) in [5.41, 5.74) is -0.851. The molecule has 0 N–H and O–H groups in total. The molecule has 1 rings (SSSR count). The van der Waals surface area contributed by atoms with Crippen molar-refractivity contribution in [3.05, 3.63) is 28.5 Å². The van der Waals surface area contributed by atoms with Gasteiger partial charge >= 0.3 is 12.1 Å². The molecule has 0 unspecified atom stereocenters. The summed E-state index contributed by atoms with van der Waals surface area (Å²) in [5.74, 6) is -0.560. The van der Waals surface area contributed by atoms with Crippen LogP contribution in [0.15, 0.2) is 12.3 Å². The quantitative estimate of drug-likeness (QED) is 0.771. The number of esters is 1. The maximum atomic E-state index is 12.3. The van der Waals surface area contributed by atoms with Crippen LogP contribution in [-0.4, -0.2) is 11.0 Å². The lowest BCUT2D eigenvalue weighted by molar-refractivity contribution is -0.146. The minimum Gasteiger partial charge on any atom is -0.456 e. The van der Waals surface area contributed by atoms with Gasteiger partial charge in [0.1, 0.15) is 6.10 Å². The van der Waals surface area contributed by atoms with Crippen molar-refractivity contribution in [3.63, 3.8) is 0 Å². The predicted octanol–water partition coefficient (Wildman–Crippen LogP) is 3.38. The first-order valence-electron chi connectivity index (χ1n) is 4.61. The molecule has 1 heterocycles. The molecule has 0 aliphatic carbocycles. The minimum absolute atomic E-state index is 0.0925. The molecule has 0 spiro atoms. The highest BCUT2D eigenvalue weighted by Crippen LogP contribution is 2.32. The normalized spacial score (nSPS) is 13.3. The van der Waals surface area contributed by atoms with Gasteiger partial charge in [-0.3, -0.25) is 9.78 Å². The smallest absolute Gasteiger partial charge is 0.417 e. The van der Waals surface area contributed by atoms with Crippen molar-refractivity contribution >= 4 is 17.6 Å². The Balaban J connectivity index is 3.02. The number of aromatic nitrogens is 1. The Morgan fingerprint density at radius 3 is 2.53 bits per heavy atom. The zero-order chi connectivity index (χ0) is 13.2. The summed E-state index contributed by atoms with van der Waals surface area (Å²) in [5, 5.41) is -0.187. The van der Waals surface area contributed by atoms with Crippen molar-refractivity contribution < 1.29 is 22.7 Å². The van der Waals surface area contributed by atoms with Crippen LogP contribution in [0.25, 0.3) is 0 Å². The molecule has 17 heavy (non-hydrogen) atoms. The lowest BCUT2D eigenvalue weighted by Gasteiger charge is -2.14. The number of pyridine rings is 1. The van der Waals surface area contributed by atoms with Crippen LogP contribution in [0, 0.1) is 0 Å². The number of hydrogen-bond donors (Lipinski definition) is 0. The molecule has 0 aliphatic heterocycles. The Labute approximate surface area is 101 Å². The summed E-state index contributed by atoms with van der Waals surface area (Å²) in [4.78, 5) is 14.3. The fourth-order valence-corrected chi connectivity index (χ4v) is 1.53. The fraction of sp³-hybridized carbons (Fsp3) is 0.400. The number of carbonyl (C=O) groups excluding carboxylic acids is 1. The summed E-state index contributed by atoms with van der Waals surface area (Å²) < 4.78 is 41.8. The van der Waals surface area contributed by atoms with Crippen molar-refractivity contribution in [3.8, 4) is 0 Å². The molecule has 0 saturated heterocycles. The molecule has 7 heteroatoms. The second kappa shape index (κ2) is 4.91. The largest absolute Gasteiger partial charge is 0.456 e. The van der Waals surface area contributed by atoms with E-state index in [0.29, 0.717) is 6.20 Å². The van der Waals surface area contributed by atoms with Gasteiger partial charge in [0.2, 0.25) is 0 Å². The van der Waals surface area contributed by atoms with E-state index in [2.05, 4.69) is 4.98 Å². The zero-order valence-corrected chi connectivity index (χ0v) is 9.76. The van der Waals surface area contributed by atoms with Crippen LogP contribution < -0.4 is 0 Å². The first-order chi connectivity index (χ1) is 7.71. The molecular formula is C10H9ClF3NO2. The third-order valence-electron chi connectivity index (χ3n) is 1.92.